The molecule has 0 aromatic carbocycles. The van der Waals surface area contributed by atoms with Crippen LogP contribution in [0, 0.1) is 9.81 Å². The number of nitrogens with zero attached hydrogens (tertiary/aromatic N) is 3. The average molecular weight is 132 g/mol. The molecule has 5 heteroatoms. The quantitative estimate of drug-likeness (QED) is 0.328. The summed E-state index contributed by atoms with van der Waals surface area (Å²) >= 11 is 0. The second-order valence-corrected chi connectivity index (χ2v) is 1.67. The van der Waals surface area contributed by atoms with Crippen molar-refractivity contribution in [3.8, 4) is 0 Å². The second-order valence-electron chi connectivity index (χ2n) is 1.67. The normalized spacial score (nSPS) is 10.9. The van der Waals surface area contributed by atoms with Crippen molar-refractivity contribution in [1.82, 2.24) is 0 Å². The van der Waals surface area contributed by atoms with Crippen LogP contribution in [-0.2, 0) is 0 Å². The SMILES string of the molecule is CC[N+](CC)(N=O)N=O. The van der Waals surface area contributed by atoms with E-state index in [1.165, 1.54) is 0 Å². The molecule has 0 atom stereocenters. The Morgan fingerprint density at radius 3 is 1.44 bits per heavy atom. The van der Waals surface area contributed by atoms with Gasteiger partial charge >= 0.3 is 0 Å². The van der Waals surface area contributed by atoms with Crippen LogP contribution in [0.25, 0.3) is 0 Å². The maximum Gasteiger partial charge on any atom is 0.185 e. The molecule has 0 heterocycles. The van der Waals surface area contributed by atoms with Crippen LogP contribution < -0.4 is 0 Å². The molecule has 0 rings (SSSR count). The predicted molar refractivity (Wildman–Crippen MR) is 32.9 cm³/mol. The molecule has 0 saturated carbocycles. The summed E-state index contributed by atoms with van der Waals surface area (Å²) in [4.78, 5) is 19.9. The maximum atomic E-state index is 9.95. The Morgan fingerprint density at radius 1 is 1.11 bits per heavy atom. The monoisotopic (exact) mass is 132 g/mol. The van der Waals surface area contributed by atoms with Gasteiger partial charge in [-0.25, -0.2) is 0 Å². The first-order valence-corrected chi connectivity index (χ1v) is 2.81. The number of rotatable bonds is 4. The number of hydrogen-bond donors (Lipinski definition) is 0. The molecule has 0 aromatic rings. The van der Waals surface area contributed by atoms with E-state index < -0.39 is 4.70 Å². The van der Waals surface area contributed by atoms with Crippen LogP contribution in [0.5, 0.6) is 0 Å². The van der Waals surface area contributed by atoms with Crippen LogP contribution in [0.4, 0.5) is 0 Å². The van der Waals surface area contributed by atoms with Crippen LogP contribution >= 0.6 is 0 Å². The average Bonchev–Trinajstić information content (AvgIpc) is 1.95. The Balaban J connectivity index is 4.15. The lowest BCUT2D eigenvalue weighted by atomic mass is 10.6. The third-order valence-electron chi connectivity index (χ3n) is 1.32. The summed E-state index contributed by atoms with van der Waals surface area (Å²) in [6, 6.07) is 0. The summed E-state index contributed by atoms with van der Waals surface area (Å²) in [5, 5.41) is 5.17. The lowest BCUT2D eigenvalue weighted by Crippen LogP contribution is -2.35. The van der Waals surface area contributed by atoms with Gasteiger partial charge in [-0.3, -0.25) is 0 Å². The first-order chi connectivity index (χ1) is 4.24. The zero-order valence-electron chi connectivity index (χ0n) is 5.57. The highest BCUT2D eigenvalue weighted by Crippen LogP contribution is 2.06. The summed E-state index contributed by atoms with van der Waals surface area (Å²) in [6.45, 7) is 4.02. The standard InChI is InChI=1S/C4H10N3O2/c1-3-7(4-2,5-8)6-9/h3-4H2,1-2H3/q+1. The van der Waals surface area contributed by atoms with Crippen molar-refractivity contribution in [2.45, 2.75) is 13.8 Å². The van der Waals surface area contributed by atoms with Gasteiger partial charge in [-0.2, -0.15) is 0 Å². The van der Waals surface area contributed by atoms with E-state index in [-0.39, 0.29) is 0 Å². The molecular weight excluding hydrogens is 122 g/mol. The Bertz CT molecular complexity index is 100. The summed E-state index contributed by atoms with van der Waals surface area (Å²) in [5.74, 6) is 0. The molecule has 0 N–H and O–H groups in total. The predicted octanol–water partition coefficient (Wildman–Crippen LogP) is 1.21. The van der Waals surface area contributed by atoms with Gasteiger partial charge in [-0.1, -0.05) is 9.81 Å². The fraction of sp³-hybridized carbons (Fsp3) is 1.00. The molecule has 9 heavy (non-hydrogen) atoms. The fourth-order valence-electron chi connectivity index (χ4n) is 0.469. The van der Waals surface area contributed by atoms with Crippen molar-refractivity contribution in [3.63, 3.8) is 0 Å². The van der Waals surface area contributed by atoms with Gasteiger partial charge < -0.3 is 0 Å². The van der Waals surface area contributed by atoms with Crippen molar-refractivity contribution >= 4 is 0 Å². The van der Waals surface area contributed by atoms with Gasteiger partial charge in [-0.05, 0) is 18.5 Å². The molecule has 0 aliphatic heterocycles. The van der Waals surface area contributed by atoms with Gasteiger partial charge in [0.1, 0.15) is 13.1 Å². The third kappa shape index (κ3) is 1.53. The molecular formula is C4H10N3O2+. The summed E-state index contributed by atoms with van der Waals surface area (Å²) in [6.07, 6.45) is 0. The molecule has 0 aromatic heterocycles. The van der Waals surface area contributed by atoms with Gasteiger partial charge in [0.25, 0.3) is 0 Å². The van der Waals surface area contributed by atoms with E-state index in [1.54, 1.807) is 13.8 Å². The highest BCUT2D eigenvalue weighted by molar-refractivity contribution is 4.22. The molecule has 0 fully saturated rings. The van der Waals surface area contributed by atoms with Crippen molar-refractivity contribution in [2.24, 2.45) is 10.6 Å². The molecule has 5 nitrogen and oxygen atoms in total. The van der Waals surface area contributed by atoms with E-state index in [0.717, 1.165) is 0 Å². The van der Waals surface area contributed by atoms with Crippen LogP contribution in [0.1, 0.15) is 13.8 Å². The van der Waals surface area contributed by atoms with Crippen molar-refractivity contribution in [1.29, 1.82) is 0 Å². The number of hydrogen-bond acceptors (Lipinski definition) is 4. The largest absolute Gasteiger partial charge is 0.185 e. The van der Waals surface area contributed by atoms with Gasteiger partial charge in [0.15, 0.2) is 10.6 Å². The van der Waals surface area contributed by atoms with Crippen LogP contribution in [0.15, 0.2) is 10.6 Å². The smallest absolute Gasteiger partial charge is 0.0882 e. The van der Waals surface area contributed by atoms with Crippen molar-refractivity contribution in [2.75, 3.05) is 13.1 Å². The molecule has 52 valence electrons. The number of quaternary nitrogens is 1. The zero-order valence-corrected chi connectivity index (χ0v) is 5.57. The van der Waals surface area contributed by atoms with E-state index in [1.807, 2.05) is 0 Å². The number of nitroso groups, excluding NO2 is 2. The van der Waals surface area contributed by atoms with E-state index >= 15 is 0 Å². The van der Waals surface area contributed by atoms with Crippen LogP contribution in [-0.4, -0.2) is 17.8 Å². The van der Waals surface area contributed by atoms with Gasteiger partial charge in [0.05, 0.1) is 0 Å². The Kier molecular flexibility index (Phi) is 2.94. The van der Waals surface area contributed by atoms with Crippen LogP contribution in [0.3, 0.4) is 0 Å². The summed E-state index contributed by atoms with van der Waals surface area (Å²) in [5.41, 5.74) is 0. The third-order valence-corrected chi connectivity index (χ3v) is 1.32. The topological polar surface area (TPSA) is 58.9 Å². The summed E-state index contributed by atoms with van der Waals surface area (Å²) in [7, 11) is 0. The van der Waals surface area contributed by atoms with Crippen molar-refractivity contribution in [3.05, 3.63) is 9.81 Å². The Morgan fingerprint density at radius 2 is 1.44 bits per heavy atom. The highest BCUT2D eigenvalue weighted by atomic mass is 16.4. The minimum Gasteiger partial charge on any atom is -0.0882 e. The van der Waals surface area contributed by atoms with Gasteiger partial charge in [0, 0.05) is 0 Å². The molecule has 0 aliphatic carbocycles. The molecule has 0 amide bonds. The molecule has 0 radical (unpaired) electrons. The lowest BCUT2D eigenvalue weighted by molar-refractivity contribution is -0.941. The van der Waals surface area contributed by atoms with E-state index in [0.29, 0.717) is 13.1 Å². The van der Waals surface area contributed by atoms with Crippen molar-refractivity contribution < 1.29 is 4.70 Å². The fourth-order valence-corrected chi connectivity index (χ4v) is 0.469. The molecule has 0 bridgehead atoms. The molecule has 0 aliphatic rings. The molecule has 0 unspecified atom stereocenters. The van der Waals surface area contributed by atoms with E-state index in [2.05, 4.69) is 10.6 Å². The Hall–Kier alpha value is -0.840. The first kappa shape index (κ1) is 8.16. The minimum absolute atomic E-state index is 0.323. The Labute approximate surface area is 53.1 Å². The first-order valence-electron chi connectivity index (χ1n) is 2.81. The van der Waals surface area contributed by atoms with E-state index in [9.17, 15) is 9.81 Å². The second kappa shape index (κ2) is 3.24. The summed E-state index contributed by atoms with van der Waals surface area (Å²) < 4.78 is -0.583. The zero-order chi connectivity index (χ0) is 7.33. The minimum atomic E-state index is -0.583. The van der Waals surface area contributed by atoms with Crippen LogP contribution in [0.2, 0.25) is 0 Å². The van der Waals surface area contributed by atoms with Gasteiger partial charge in [0.2, 0.25) is 0 Å². The van der Waals surface area contributed by atoms with E-state index in [4.69, 9.17) is 0 Å². The molecule has 0 saturated heterocycles. The van der Waals surface area contributed by atoms with Gasteiger partial charge in [-0.15, -0.1) is 0 Å². The maximum absolute atomic E-state index is 9.95. The molecule has 0 spiro atoms. The highest BCUT2D eigenvalue weighted by Gasteiger charge is 2.26. The lowest BCUT2D eigenvalue weighted by Gasteiger charge is -2.11.